The Kier molecular flexibility index (Phi) is 4.43. The van der Waals surface area contributed by atoms with Gasteiger partial charge in [0.2, 0.25) is 5.95 Å². The topological polar surface area (TPSA) is 57.2 Å². The maximum Gasteiger partial charge on any atom is 0.229 e. The summed E-state index contributed by atoms with van der Waals surface area (Å²) in [6.45, 7) is 7.79. The molecule has 0 spiro atoms. The Hall–Kier alpha value is -2.73. The molecule has 1 fully saturated rings. The fourth-order valence-electron chi connectivity index (χ4n) is 3.13. The van der Waals surface area contributed by atoms with Crippen molar-refractivity contribution < 1.29 is 0 Å². The molecular formula is C19H22N6. The maximum absolute atomic E-state index is 4.45. The summed E-state index contributed by atoms with van der Waals surface area (Å²) in [6, 6.07) is 12.3. The first-order valence-electron chi connectivity index (χ1n) is 8.74. The molecule has 1 aromatic carbocycles. The van der Waals surface area contributed by atoms with Gasteiger partial charge < -0.3 is 15.1 Å². The monoisotopic (exact) mass is 334 g/mol. The van der Waals surface area contributed by atoms with E-state index in [0.717, 1.165) is 43.8 Å². The van der Waals surface area contributed by atoms with E-state index in [1.165, 1.54) is 5.69 Å². The highest BCUT2D eigenvalue weighted by atomic mass is 15.3. The Morgan fingerprint density at radius 1 is 1.00 bits per heavy atom. The number of benzene rings is 1. The number of hydrogen-bond donors (Lipinski definition) is 1. The van der Waals surface area contributed by atoms with E-state index in [1.54, 1.807) is 12.4 Å². The summed E-state index contributed by atoms with van der Waals surface area (Å²) in [5, 5.41) is 4.19. The molecule has 1 aliphatic heterocycles. The van der Waals surface area contributed by atoms with Crippen molar-refractivity contribution in [3.8, 4) is 0 Å². The average Bonchev–Trinajstić information content (AvgIpc) is 2.69. The molecular weight excluding hydrogens is 312 g/mol. The standard InChI is InChI=1S/C19H22N6/c1-2-24-10-12-25(13-11-24)17-7-5-16(6-8-17)22-19-21-14-15-4-3-9-20-18(15)23-19/h3-9,14H,2,10-13H2,1H3,(H,20,21,22,23). The predicted molar refractivity (Wildman–Crippen MR) is 101 cm³/mol. The van der Waals surface area contributed by atoms with E-state index in [-0.39, 0.29) is 0 Å². The molecule has 0 aliphatic carbocycles. The average molecular weight is 334 g/mol. The van der Waals surface area contributed by atoms with Gasteiger partial charge in [-0.05, 0) is 42.9 Å². The van der Waals surface area contributed by atoms with Crippen LogP contribution in [0, 0.1) is 0 Å². The van der Waals surface area contributed by atoms with E-state index in [2.05, 4.69) is 61.3 Å². The van der Waals surface area contributed by atoms with Gasteiger partial charge in [-0.3, -0.25) is 0 Å². The van der Waals surface area contributed by atoms with Crippen LogP contribution in [0.4, 0.5) is 17.3 Å². The molecule has 2 aromatic heterocycles. The Balaban J connectivity index is 1.44. The highest BCUT2D eigenvalue weighted by Gasteiger charge is 2.15. The molecule has 4 rings (SSSR count). The van der Waals surface area contributed by atoms with Crippen molar-refractivity contribution in [1.82, 2.24) is 19.9 Å². The quantitative estimate of drug-likeness (QED) is 0.792. The van der Waals surface area contributed by atoms with E-state index >= 15 is 0 Å². The molecule has 1 saturated heterocycles. The molecule has 0 radical (unpaired) electrons. The Morgan fingerprint density at radius 3 is 2.56 bits per heavy atom. The second-order valence-corrected chi connectivity index (χ2v) is 6.20. The third-order valence-electron chi connectivity index (χ3n) is 4.66. The molecule has 3 aromatic rings. The summed E-state index contributed by atoms with van der Waals surface area (Å²) in [6.07, 6.45) is 3.53. The van der Waals surface area contributed by atoms with Crippen molar-refractivity contribution in [3.05, 3.63) is 48.8 Å². The summed E-state index contributed by atoms with van der Waals surface area (Å²) >= 11 is 0. The number of anilines is 3. The normalized spacial score (nSPS) is 15.5. The molecule has 0 amide bonds. The number of nitrogens with one attached hydrogen (secondary N) is 1. The lowest BCUT2D eigenvalue weighted by molar-refractivity contribution is 0.271. The Labute approximate surface area is 147 Å². The van der Waals surface area contributed by atoms with Crippen molar-refractivity contribution in [1.29, 1.82) is 0 Å². The van der Waals surface area contributed by atoms with Crippen molar-refractivity contribution in [2.24, 2.45) is 0 Å². The van der Waals surface area contributed by atoms with Crippen LogP contribution in [0.25, 0.3) is 11.0 Å². The van der Waals surface area contributed by atoms with Gasteiger partial charge in [-0.25, -0.2) is 9.97 Å². The lowest BCUT2D eigenvalue weighted by Crippen LogP contribution is -2.46. The van der Waals surface area contributed by atoms with Gasteiger partial charge in [-0.15, -0.1) is 0 Å². The smallest absolute Gasteiger partial charge is 0.229 e. The molecule has 0 saturated carbocycles. The zero-order valence-electron chi connectivity index (χ0n) is 14.4. The third kappa shape index (κ3) is 3.53. The van der Waals surface area contributed by atoms with Crippen LogP contribution in [0.1, 0.15) is 6.92 Å². The Morgan fingerprint density at radius 2 is 1.80 bits per heavy atom. The first kappa shape index (κ1) is 15.8. The van der Waals surface area contributed by atoms with E-state index in [9.17, 15) is 0 Å². The van der Waals surface area contributed by atoms with E-state index in [4.69, 9.17) is 0 Å². The highest BCUT2D eigenvalue weighted by molar-refractivity contribution is 5.74. The van der Waals surface area contributed by atoms with Crippen LogP contribution < -0.4 is 10.2 Å². The molecule has 0 atom stereocenters. The third-order valence-corrected chi connectivity index (χ3v) is 4.66. The first-order chi connectivity index (χ1) is 12.3. The van der Waals surface area contributed by atoms with Crippen LogP contribution >= 0.6 is 0 Å². The van der Waals surface area contributed by atoms with Crippen molar-refractivity contribution >= 4 is 28.4 Å². The minimum absolute atomic E-state index is 0.565. The van der Waals surface area contributed by atoms with Gasteiger partial charge in [0.15, 0.2) is 5.65 Å². The number of pyridine rings is 1. The predicted octanol–water partition coefficient (Wildman–Crippen LogP) is 2.91. The van der Waals surface area contributed by atoms with Gasteiger partial charge in [-0.1, -0.05) is 6.92 Å². The molecule has 6 nitrogen and oxygen atoms in total. The summed E-state index contributed by atoms with van der Waals surface area (Å²) in [5.41, 5.74) is 2.94. The van der Waals surface area contributed by atoms with Gasteiger partial charge >= 0.3 is 0 Å². The first-order valence-corrected chi connectivity index (χ1v) is 8.74. The minimum atomic E-state index is 0.565. The fraction of sp³-hybridized carbons (Fsp3) is 0.316. The molecule has 25 heavy (non-hydrogen) atoms. The number of piperazine rings is 1. The number of hydrogen-bond acceptors (Lipinski definition) is 6. The molecule has 0 unspecified atom stereocenters. The number of aromatic nitrogens is 3. The number of nitrogens with zero attached hydrogens (tertiary/aromatic N) is 5. The van der Waals surface area contributed by atoms with Crippen LogP contribution in [0.15, 0.2) is 48.8 Å². The molecule has 1 aliphatic rings. The van der Waals surface area contributed by atoms with Crippen molar-refractivity contribution in [2.45, 2.75) is 6.92 Å². The van der Waals surface area contributed by atoms with Gasteiger partial charge in [0.05, 0.1) is 0 Å². The summed E-state index contributed by atoms with van der Waals surface area (Å²) < 4.78 is 0. The van der Waals surface area contributed by atoms with Crippen molar-refractivity contribution in [3.63, 3.8) is 0 Å². The lowest BCUT2D eigenvalue weighted by atomic mass is 10.2. The molecule has 1 N–H and O–H groups in total. The summed E-state index contributed by atoms with van der Waals surface area (Å²) in [5.74, 6) is 0.565. The number of fused-ring (bicyclic) bond motifs is 1. The van der Waals surface area contributed by atoms with E-state index in [0.29, 0.717) is 11.6 Å². The SMILES string of the molecule is CCN1CCN(c2ccc(Nc3ncc4cccnc4n3)cc2)CC1. The molecule has 3 heterocycles. The summed E-state index contributed by atoms with van der Waals surface area (Å²) in [4.78, 5) is 18.0. The van der Waals surface area contributed by atoms with E-state index < -0.39 is 0 Å². The van der Waals surface area contributed by atoms with E-state index in [1.807, 2.05) is 12.1 Å². The summed E-state index contributed by atoms with van der Waals surface area (Å²) in [7, 11) is 0. The highest BCUT2D eigenvalue weighted by Crippen LogP contribution is 2.21. The van der Waals surface area contributed by atoms with Gasteiger partial charge in [0, 0.05) is 55.3 Å². The molecule has 128 valence electrons. The van der Waals surface area contributed by atoms with Crippen LogP contribution in [0.5, 0.6) is 0 Å². The second kappa shape index (κ2) is 7.03. The van der Waals surface area contributed by atoms with Crippen LogP contribution in [-0.2, 0) is 0 Å². The molecule has 0 bridgehead atoms. The zero-order chi connectivity index (χ0) is 17.1. The van der Waals surface area contributed by atoms with Gasteiger partial charge in [0.1, 0.15) is 0 Å². The Bertz CT molecular complexity index is 840. The lowest BCUT2D eigenvalue weighted by Gasteiger charge is -2.35. The number of likely N-dealkylation sites (N-methyl/N-ethyl adjacent to an activating group) is 1. The maximum atomic E-state index is 4.45. The van der Waals surface area contributed by atoms with Crippen LogP contribution in [-0.4, -0.2) is 52.6 Å². The fourth-order valence-corrected chi connectivity index (χ4v) is 3.13. The zero-order valence-corrected chi connectivity index (χ0v) is 14.4. The minimum Gasteiger partial charge on any atom is -0.369 e. The van der Waals surface area contributed by atoms with Gasteiger partial charge in [0.25, 0.3) is 0 Å². The number of rotatable bonds is 4. The largest absolute Gasteiger partial charge is 0.369 e. The van der Waals surface area contributed by atoms with Gasteiger partial charge in [-0.2, -0.15) is 4.98 Å². The van der Waals surface area contributed by atoms with Crippen LogP contribution in [0.3, 0.4) is 0 Å². The van der Waals surface area contributed by atoms with Crippen LogP contribution in [0.2, 0.25) is 0 Å². The molecule has 6 heteroatoms. The second-order valence-electron chi connectivity index (χ2n) is 6.20. The van der Waals surface area contributed by atoms with Crippen molar-refractivity contribution in [2.75, 3.05) is 42.9 Å².